The van der Waals surface area contributed by atoms with Crippen LogP contribution in [0.2, 0.25) is 0 Å². The first kappa shape index (κ1) is 12.7. The second-order valence-corrected chi connectivity index (χ2v) is 4.36. The van der Waals surface area contributed by atoms with Crippen LogP contribution in [0.4, 0.5) is 0 Å². The van der Waals surface area contributed by atoms with Crippen LogP contribution in [0.15, 0.2) is 49.2 Å². The third kappa shape index (κ3) is 2.75. The van der Waals surface area contributed by atoms with Crippen LogP contribution in [0, 0.1) is 0 Å². The molecule has 0 radical (unpaired) electrons. The fourth-order valence-corrected chi connectivity index (χ4v) is 2.19. The van der Waals surface area contributed by atoms with Gasteiger partial charge in [0.2, 0.25) is 0 Å². The minimum atomic E-state index is 0.0936. The molecule has 94 valence electrons. The van der Waals surface area contributed by atoms with Crippen molar-refractivity contribution in [2.24, 2.45) is 5.84 Å². The Morgan fingerprint density at radius 3 is 2.94 bits per heavy atom. The van der Waals surface area contributed by atoms with Gasteiger partial charge in [0.05, 0.1) is 11.7 Å². The number of unbranched alkanes of at least 4 members (excludes halogenated alkanes) is 1. The highest BCUT2D eigenvalue weighted by Gasteiger charge is 2.13. The molecule has 1 aromatic carbocycles. The van der Waals surface area contributed by atoms with Gasteiger partial charge in [-0.1, -0.05) is 30.3 Å². The maximum absolute atomic E-state index is 5.66. The number of hydrogen-bond donors (Lipinski definition) is 2. The van der Waals surface area contributed by atoms with E-state index in [0.29, 0.717) is 0 Å². The molecule has 1 aromatic heterocycles. The molecular weight excluding hydrogens is 222 g/mol. The Labute approximate surface area is 108 Å². The van der Waals surface area contributed by atoms with Gasteiger partial charge in [0.15, 0.2) is 0 Å². The molecule has 0 aliphatic carbocycles. The summed E-state index contributed by atoms with van der Waals surface area (Å²) in [5.41, 5.74) is 3.90. The fourth-order valence-electron chi connectivity index (χ4n) is 2.19. The highest BCUT2D eigenvalue weighted by molar-refractivity contribution is 5.84. The highest BCUT2D eigenvalue weighted by atomic mass is 15.2. The Morgan fingerprint density at radius 2 is 2.17 bits per heavy atom. The number of nitrogens with zero attached hydrogens (tertiary/aromatic N) is 1. The lowest BCUT2D eigenvalue weighted by Crippen LogP contribution is -2.28. The Bertz CT molecular complexity index is 517. The van der Waals surface area contributed by atoms with Crippen molar-refractivity contribution < 1.29 is 0 Å². The molecule has 1 heterocycles. The minimum absolute atomic E-state index is 0.0936. The normalized spacial score (nSPS) is 12.5. The summed E-state index contributed by atoms with van der Waals surface area (Å²) in [5.74, 6) is 5.66. The van der Waals surface area contributed by atoms with Gasteiger partial charge in [-0.3, -0.25) is 16.3 Å². The second-order valence-electron chi connectivity index (χ2n) is 4.36. The first-order valence-electron chi connectivity index (χ1n) is 6.27. The molecule has 0 aliphatic rings. The molecule has 0 bridgehead atoms. The molecule has 3 heteroatoms. The summed E-state index contributed by atoms with van der Waals surface area (Å²) < 4.78 is 0. The van der Waals surface area contributed by atoms with Gasteiger partial charge in [0, 0.05) is 11.6 Å². The molecule has 0 fully saturated rings. The minimum Gasteiger partial charge on any atom is -0.271 e. The number of benzene rings is 1. The number of nitrogens with two attached hydrogens (primary N) is 1. The van der Waals surface area contributed by atoms with E-state index in [1.54, 1.807) is 0 Å². The topological polar surface area (TPSA) is 50.9 Å². The lowest BCUT2D eigenvalue weighted by Gasteiger charge is -2.16. The molecule has 0 saturated heterocycles. The van der Waals surface area contributed by atoms with E-state index in [0.717, 1.165) is 25.0 Å². The summed E-state index contributed by atoms with van der Waals surface area (Å²) in [6.45, 7) is 3.74. The van der Waals surface area contributed by atoms with Crippen molar-refractivity contribution in [1.82, 2.24) is 10.4 Å². The number of hydrogen-bond acceptors (Lipinski definition) is 3. The SMILES string of the molecule is C=CCCCC(NN)c1nccc2ccccc12. The maximum Gasteiger partial charge on any atom is 0.0664 e. The van der Waals surface area contributed by atoms with Crippen LogP contribution >= 0.6 is 0 Å². The Hall–Kier alpha value is -1.71. The quantitative estimate of drug-likeness (QED) is 0.353. The number of allylic oxidation sites excluding steroid dienone is 1. The van der Waals surface area contributed by atoms with Crippen LogP contribution in [0.1, 0.15) is 31.0 Å². The van der Waals surface area contributed by atoms with E-state index in [9.17, 15) is 0 Å². The Kier molecular flexibility index (Phi) is 4.45. The van der Waals surface area contributed by atoms with Gasteiger partial charge in [-0.05, 0) is 30.7 Å². The lowest BCUT2D eigenvalue weighted by molar-refractivity contribution is 0.493. The van der Waals surface area contributed by atoms with Crippen LogP contribution in [0.3, 0.4) is 0 Å². The van der Waals surface area contributed by atoms with Crippen LogP contribution < -0.4 is 11.3 Å². The average molecular weight is 241 g/mol. The van der Waals surface area contributed by atoms with Crippen molar-refractivity contribution in [3.63, 3.8) is 0 Å². The van der Waals surface area contributed by atoms with E-state index >= 15 is 0 Å². The molecule has 3 nitrogen and oxygen atoms in total. The molecular formula is C15H19N3. The zero-order chi connectivity index (χ0) is 12.8. The summed E-state index contributed by atoms with van der Waals surface area (Å²) in [5, 5.41) is 2.37. The zero-order valence-corrected chi connectivity index (χ0v) is 10.5. The third-order valence-electron chi connectivity index (χ3n) is 3.14. The predicted octanol–water partition coefficient (Wildman–Crippen LogP) is 3.10. The van der Waals surface area contributed by atoms with Crippen LogP contribution in [0.5, 0.6) is 0 Å². The van der Waals surface area contributed by atoms with Crippen molar-refractivity contribution >= 4 is 10.8 Å². The van der Waals surface area contributed by atoms with Crippen LogP contribution in [0.25, 0.3) is 10.8 Å². The van der Waals surface area contributed by atoms with E-state index < -0.39 is 0 Å². The first-order valence-corrected chi connectivity index (χ1v) is 6.27. The van der Waals surface area contributed by atoms with Gasteiger partial charge >= 0.3 is 0 Å². The largest absolute Gasteiger partial charge is 0.271 e. The van der Waals surface area contributed by atoms with E-state index in [1.165, 1.54) is 10.8 Å². The van der Waals surface area contributed by atoms with Crippen molar-refractivity contribution in [1.29, 1.82) is 0 Å². The summed E-state index contributed by atoms with van der Waals surface area (Å²) in [4.78, 5) is 4.49. The summed E-state index contributed by atoms with van der Waals surface area (Å²) in [6, 6.07) is 10.4. The zero-order valence-electron chi connectivity index (χ0n) is 10.5. The standard InChI is InChI=1S/C15H19N3/c1-2-3-4-9-14(18-16)15-13-8-6-5-7-12(13)10-11-17-15/h2,5-8,10-11,14,18H,1,3-4,9,16H2. The molecule has 2 aromatic rings. The second kappa shape index (κ2) is 6.28. The number of aromatic nitrogens is 1. The van der Waals surface area contributed by atoms with Gasteiger partial charge in [-0.25, -0.2) is 0 Å². The highest BCUT2D eigenvalue weighted by Crippen LogP contribution is 2.24. The molecule has 0 saturated carbocycles. The summed E-state index contributed by atoms with van der Waals surface area (Å²) in [6.07, 6.45) is 6.80. The van der Waals surface area contributed by atoms with E-state index in [2.05, 4.69) is 29.1 Å². The molecule has 0 amide bonds. The molecule has 1 atom stereocenters. The monoisotopic (exact) mass is 241 g/mol. The number of fused-ring (bicyclic) bond motifs is 1. The number of rotatable bonds is 6. The van der Waals surface area contributed by atoms with E-state index in [1.807, 2.05) is 30.5 Å². The van der Waals surface area contributed by atoms with Gasteiger partial charge in [0.1, 0.15) is 0 Å². The van der Waals surface area contributed by atoms with Gasteiger partial charge in [0.25, 0.3) is 0 Å². The van der Waals surface area contributed by atoms with Crippen molar-refractivity contribution in [2.45, 2.75) is 25.3 Å². The summed E-state index contributed by atoms with van der Waals surface area (Å²) in [7, 11) is 0. The molecule has 0 spiro atoms. The van der Waals surface area contributed by atoms with Crippen LogP contribution in [-0.2, 0) is 0 Å². The molecule has 2 rings (SSSR count). The number of hydrazine groups is 1. The Balaban J connectivity index is 2.29. The fraction of sp³-hybridized carbons (Fsp3) is 0.267. The van der Waals surface area contributed by atoms with Crippen LogP contribution in [-0.4, -0.2) is 4.98 Å². The predicted molar refractivity (Wildman–Crippen MR) is 75.9 cm³/mol. The molecule has 1 unspecified atom stereocenters. The smallest absolute Gasteiger partial charge is 0.0664 e. The lowest BCUT2D eigenvalue weighted by atomic mass is 10.0. The summed E-state index contributed by atoms with van der Waals surface area (Å²) >= 11 is 0. The number of nitrogens with one attached hydrogen (secondary N) is 1. The van der Waals surface area contributed by atoms with Crippen molar-refractivity contribution in [3.8, 4) is 0 Å². The first-order chi connectivity index (χ1) is 8.86. The molecule has 0 aliphatic heterocycles. The van der Waals surface area contributed by atoms with E-state index in [-0.39, 0.29) is 6.04 Å². The van der Waals surface area contributed by atoms with Crippen molar-refractivity contribution in [3.05, 3.63) is 54.9 Å². The molecule has 18 heavy (non-hydrogen) atoms. The maximum atomic E-state index is 5.66. The molecule has 3 N–H and O–H groups in total. The van der Waals surface area contributed by atoms with Gasteiger partial charge in [-0.15, -0.1) is 6.58 Å². The number of pyridine rings is 1. The third-order valence-corrected chi connectivity index (χ3v) is 3.14. The van der Waals surface area contributed by atoms with Gasteiger partial charge in [-0.2, -0.15) is 0 Å². The Morgan fingerprint density at radius 1 is 1.33 bits per heavy atom. The van der Waals surface area contributed by atoms with E-state index in [4.69, 9.17) is 5.84 Å². The average Bonchev–Trinajstić information content (AvgIpc) is 2.43. The van der Waals surface area contributed by atoms with Gasteiger partial charge < -0.3 is 0 Å². The van der Waals surface area contributed by atoms with Crippen molar-refractivity contribution in [2.75, 3.05) is 0 Å².